The maximum atomic E-state index is 12.2. The van der Waals surface area contributed by atoms with Crippen molar-refractivity contribution in [2.75, 3.05) is 11.5 Å². The molecule has 0 spiro atoms. The maximum absolute atomic E-state index is 12.2. The van der Waals surface area contributed by atoms with Crippen molar-refractivity contribution in [1.29, 1.82) is 0 Å². The molecule has 126 valence electrons. The number of sulfone groups is 1. The largest absolute Gasteiger partial charge is 0.352 e. The fourth-order valence-corrected chi connectivity index (χ4v) is 4.36. The normalized spacial score (nSPS) is 20.7. The standard InChI is InChI=1S/C15H21N3O4S/c1-10-3-2-4-11(7-10)13(18-15(16)20)8-14(19)17-12-5-6-23(21,22)9-12/h2-4,7,12-13H,5-6,8-9H2,1H3,(H,17,19)(H3,16,18,20). The van der Waals surface area contributed by atoms with Gasteiger partial charge in [0.1, 0.15) is 0 Å². The Kier molecular flexibility index (Phi) is 5.25. The smallest absolute Gasteiger partial charge is 0.312 e. The van der Waals surface area contributed by atoms with Crippen LogP contribution in [0.2, 0.25) is 0 Å². The second kappa shape index (κ2) is 6.99. The number of aryl methyl sites for hydroxylation is 1. The Labute approximate surface area is 135 Å². The lowest BCUT2D eigenvalue weighted by Crippen LogP contribution is -2.40. The Balaban J connectivity index is 2.03. The van der Waals surface area contributed by atoms with E-state index in [2.05, 4.69) is 10.6 Å². The summed E-state index contributed by atoms with van der Waals surface area (Å²) in [5, 5.41) is 5.27. The van der Waals surface area contributed by atoms with Gasteiger partial charge in [0, 0.05) is 6.04 Å². The Morgan fingerprint density at radius 2 is 2.13 bits per heavy atom. The van der Waals surface area contributed by atoms with E-state index >= 15 is 0 Å². The Bertz CT molecular complexity index is 702. The van der Waals surface area contributed by atoms with Crippen LogP contribution in [-0.2, 0) is 14.6 Å². The molecule has 1 aliphatic rings. The van der Waals surface area contributed by atoms with Gasteiger partial charge in [-0.25, -0.2) is 13.2 Å². The molecule has 2 unspecified atom stereocenters. The first-order chi connectivity index (χ1) is 10.7. The quantitative estimate of drug-likeness (QED) is 0.719. The number of carbonyl (C=O) groups excluding carboxylic acids is 2. The summed E-state index contributed by atoms with van der Waals surface area (Å²) in [5.41, 5.74) is 6.96. The van der Waals surface area contributed by atoms with Crippen LogP contribution in [-0.4, -0.2) is 37.9 Å². The fourth-order valence-electron chi connectivity index (χ4n) is 2.69. The van der Waals surface area contributed by atoms with Crippen LogP contribution in [0.1, 0.15) is 30.0 Å². The molecule has 0 bridgehead atoms. The van der Waals surface area contributed by atoms with Crippen molar-refractivity contribution in [3.05, 3.63) is 35.4 Å². The zero-order valence-electron chi connectivity index (χ0n) is 12.9. The van der Waals surface area contributed by atoms with Gasteiger partial charge in [0.15, 0.2) is 9.84 Å². The van der Waals surface area contributed by atoms with Gasteiger partial charge in [0.05, 0.1) is 24.0 Å². The molecule has 4 N–H and O–H groups in total. The maximum Gasteiger partial charge on any atom is 0.312 e. The minimum Gasteiger partial charge on any atom is -0.352 e. The zero-order chi connectivity index (χ0) is 17.0. The number of primary amides is 1. The number of carbonyl (C=O) groups is 2. The molecule has 23 heavy (non-hydrogen) atoms. The average Bonchev–Trinajstić information content (AvgIpc) is 2.76. The lowest BCUT2D eigenvalue weighted by molar-refractivity contribution is -0.122. The average molecular weight is 339 g/mol. The van der Waals surface area contributed by atoms with Gasteiger partial charge in [-0.05, 0) is 18.9 Å². The van der Waals surface area contributed by atoms with E-state index in [0.29, 0.717) is 6.42 Å². The Hall–Kier alpha value is -2.09. The van der Waals surface area contributed by atoms with Crippen molar-refractivity contribution in [2.45, 2.75) is 31.8 Å². The summed E-state index contributed by atoms with van der Waals surface area (Å²) in [6.07, 6.45) is 0.426. The molecule has 2 rings (SSSR count). The molecule has 1 fully saturated rings. The highest BCUT2D eigenvalue weighted by atomic mass is 32.2. The van der Waals surface area contributed by atoms with Gasteiger partial charge in [-0.15, -0.1) is 0 Å². The van der Waals surface area contributed by atoms with Crippen LogP contribution in [0.15, 0.2) is 24.3 Å². The first-order valence-corrected chi connectivity index (χ1v) is 9.19. The summed E-state index contributed by atoms with van der Waals surface area (Å²) in [6.45, 7) is 1.91. The number of urea groups is 1. The van der Waals surface area contributed by atoms with E-state index in [4.69, 9.17) is 5.73 Å². The molecule has 8 heteroatoms. The molecular weight excluding hydrogens is 318 g/mol. The van der Waals surface area contributed by atoms with E-state index in [-0.39, 0.29) is 29.9 Å². The number of hydrogen-bond donors (Lipinski definition) is 3. The van der Waals surface area contributed by atoms with Crippen LogP contribution in [0, 0.1) is 6.92 Å². The summed E-state index contributed by atoms with van der Waals surface area (Å²) in [6, 6.07) is 5.79. The first-order valence-electron chi connectivity index (χ1n) is 7.37. The predicted molar refractivity (Wildman–Crippen MR) is 86.5 cm³/mol. The zero-order valence-corrected chi connectivity index (χ0v) is 13.7. The molecule has 0 aliphatic carbocycles. The molecule has 1 heterocycles. The monoisotopic (exact) mass is 339 g/mol. The summed E-state index contributed by atoms with van der Waals surface area (Å²) < 4.78 is 22.8. The molecule has 1 aliphatic heterocycles. The van der Waals surface area contributed by atoms with Gasteiger partial charge in [-0.3, -0.25) is 4.79 Å². The third-order valence-electron chi connectivity index (χ3n) is 3.75. The van der Waals surface area contributed by atoms with Crippen molar-refractivity contribution >= 4 is 21.8 Å². The predicted octanol–water partition coefficient (Wildman–Crippen LogP) is 0.398. The van der Waals surface area contributed by atoms with Gasteiger partial charge < -0.3 is 16.4 Å². The van der Waals surface area contributed by atoms with Gasteiger partial charge >= 0.3 is 6.03 Å². The van der Waals surface area contributed by atoms with Crippen LogP contribution >= 0.6 is 0 Å². The highest BCUT2D eigenvalue weighted by Crippen LogP contribution is 2.19. The van der Waals surface area contributed by atoms with Crippen LogP contribution in [0.4, 0.5) is 4.79 Å². The Morgan fingerprint density at radius 1 is 1.39 bits per heavy atom. The Morgan fingerprint density at radius 3 is 2.70 bits per heavy atom. The van der Waals surface area contributed by atoms with Crippen LogP contribution in [0.3, 0.4) is 0 Å². The van der Waals surface area contributed by atoms with E-state index in [1.807, 2.05) is 25.1 Å². The highest BCUT2D eigenvalue weighted by Gasteiger charge is 2.29. The number of nitrogens with one attached hydrogen (secondary N) is 2. The van der Waals surface area contributed by atoms with E-state index in [0.717, 1.165) is 11.1 Å². The number of nitrogens with two attached hydrogens (primary N) is 1. The minimum atomic E-state index is -3.05. The van der Waals surface area contributed by atoms with Crippen LogP contribution in [0.25, 0.3) is 0 Å². The molecule has 1 saturated heterocycles. The van der Waals surface area contributed by atoms with Gasteiger partial charge in [-0.2, -0.15) is 0 Å². The molecule has 1 aromatic carbocycles. The first kappa shape index (κ1) is 17.3. The van der Waals surface area contributed by atoms with Crippen LogP contribution in [0.5, 0.6) is 0 Å². The fraction of sp³-hybridized carbons (Fsp3) is 0.467. The molecule has 0 saturated carbocycles. The molecule has 0 aromatic heterocycles. The van der Waals surface area contributed by atoms with Crippen molar-refractivity contribution in [3.8, 4) is 0 Å². The van der Waals surface area contributed by atoms with Gasteiger partial charge in [0.2, 0.25) is 5.91 Å². The highest BCUT2D eigenvalue weighted by molar-refractivity contribution is 7.91. The summed E-state index contributed by atoms with van der Waals surface area (Å²) in [5.74, 6) is -0.247. The van der Waals surface area contributed by atoms with E-state index in [1.165, 1.54) is 0 Å². The lowest BCUT2D eigenvalue weighted by atomic mass is 10.0. The second-order valence-corrected chi connectivity index (χ2v) is 8.08. The summed E-state index contributed by atoms with van der Waals surface area (Å²) in [7, 11) is -3.05. The molecule has 2 atom stereocenters. The molecule has 1 aromatic rings. The molecule has 0 radical (unpaired) electrons. The second-order valence-electron chi connectivity index (χ2n) is 5.85. The number of benzene rings is 1. The van der Waals surface area contributed by atoms with Gasteiger partial charge in [-0.1, -0.05) is 29.8 Å². The number of rotatable bonds is 5. The van der Waals surface area contributed by atoms with E-state index in [9.17, 15) is 18.0 Å². The molecular formula is C15H21N3O4S. The summed E-state index contributed by atoms with van der Waals surface area (Å²) in [4.78, 5) is 23.3. The lowest BCUT2D eigenvalue weighted by Gasteiger charge is -2.19. The number of amides is 3. The van der Waals surface area contributed by atoms with Crippen molar-refractivity contribution in [3.63, 3.8) is 0 Å². The van der Waals surface area contributed by atoms with E-state index in [1.54, 1.807) is 6.07 Å². The molecule has 3 amide bonds. The van der Waals surface area contributed by atoms with E-state index < -0.39 is 21.9 Å². The van der Waals surface area contributed by atoms with Gasteiger partial charge in [0.25, 0.3) is 0 Å². The van der Waals surface area contributed by atoms with Crippen molar-refractivity contribution in [1.82, 2.24) is 10.6 Å². The minimum absolute atomic E-state index is 0.00292. The number of hydrogen-bond acceptors (Lipinski definition) is 4. The third-order valence-corrected chi connectivity index (χ3v) is 5.52. The van der Waals surface area contributed by atoms with Crippen molar-refractivity contribution in [2.24, 2.45) is 5.73 Å². The SMILES string of the molecule is Cc1cccc(C(CC(=O)NC2CCS(=O)(=O)C2)NC(N)=O)c1. The topological polar surface area (TPSA) is 118 Å². The third kappa shape index (κ3) is 5.24. The van der Waals surface area contributed by atoms with Crippen LogP contribution < -0.4 is 16.4 Å². The van der Waals surface area contributed by atoms with Crippen molar-refractivity contribution < 1.29 is 18.0 Å². The molecule has 7 nitrogen and oxygen atoms in total. The summed E-state index contributed by atoms with van der Waals surface area (Å²) >= 11 is 0.